The highest BCUT2D eigenvalue weighted by molar-refractivity contribution is 5.95. The Bertz CT molecular complexity index is 949. The molecule has 1 heterocycles. The molecule has 0 spiro atoms. The molecule has 1 aliphatic rings. The number of para-hydroxylation sites is 1. The van der Waals surface area contributed by atoms with Crippen LogP contribution in [0, 0.1) is 6.92 Å². The Morgan fingerprint density at radius 3 is 2.50 bits per heavy atom. The van der Waals surface area contributed by atoms with E-state index in [-0.39, 0.29) is 0 Å². The number of fused-ring (bicyclic) bond motifs is 2. The Morgan fingerprint density at radius 2 is 1.67 bits per heavy atom. The number of hydrogen-bond acceptors (Lipinski definition) is 1. The van der Waals surface area contributed by atoms with Crippen molar-refractivity contribution < 1.29 is 4.74 Å². The van der Waals surface area contributed by atoms with E-state index in [9.17, 15) is 0 Å². The summed E-state index contributed by atoms with van der Waals surface area (Å²) in [6.07, 6.45) is 5.14. The van der Waals surface area contributed by atoms with E-state index in [4.69, 9.17) is 4.74 Å². The van der Waals surface area contributed by atoms with Crippen LogP contribution in [0.5, 0.6) is 5.75 Å². The highest BCUT2D eigenvalue weighted by Crippen LogP contribution is 2.31. The Labute approximate surface area is 142 Å². The summed E-state index contributed by atoms with van der Waals surface area (Å²) < 4.78 is 5.92. The molecule has 0 atom stereocenters. The second-order valence-electron chi connectivity index (χ2n) is 6.34. The molecule has 0 aromatic heterocycles. The van der Waals surface area contributed by atoms with Gasteiger partial charge in [-0.1, -0.05) is 60.7 Å². The summed E-state index contributed by atoms with van der Waals surface area (Å²) in [6.45, 7) is 4.33. The first-order valence-electron chi connectivity index (χ1n) is 8.34. The summed E-state index contributed by atoms with van der Waals surface area (Å²) in [5.41, 5.74) is 5.10. The van der Waals surface area contributed by atoms with Gasteiger partial charge in [0.05, 0.1) is 0 Å². The van der Waals surface area contributed by atoms with Crippen LogP contribution in [0.2, 0.25) is 0 Å². The Kier molecular flexibility index (Phi) is 3.70. The number of rotatable bonds is 2. The standard InChI is InChI=1S/C23H20O/c1-16(11-13-19-15-18-7-3-6-10-23(18)24-19)21-14-12-17(2)20-8-4-5-9-22(20)21/h3-14H,15H2,1-2H3/b16-11+,19-13+. The molecule has 0 amide bonds. The van der Waals surface area contributed by atoms with Crippen LogP contribution in [0.25, 0.3) is 16.3 Å². The SMILES string of the molecule is C/C(=C\C=C1/Cc2ccccc2O1)c1ccc(C)c2ccccc12. The third-order valence-electron chi connectivity index (χ3n) is 4.66. The molecule has 0 saturated heterocycles. The quantitative estimate of drug-likeness (QED) is 0.558. The van der Waals surface area contributed by atoms with Crippen molar-refractivity contribution in [3.63, 3.8) is 0 Å². The predicted molar refractivity (Wildman–Crippen MR) is 101 cm³/mol. The van der Waals surface area contributed by atoms with Gasteiger partial charge >= 0.3 is 0 Å². The summed E-state index contributed by atoms with van der Waals surface area (Å²) in [7, 11) is 0. The first-order chi connectivity index (χ1) is 11.7. The number of ether oxygens (including phenoxy) is 1. The maximum absolute atomic E-state index is 5.92. The van der Waals surface area contributed by atoms with Crippen LogP contribution >= 0.6 is 0 Å². The first-order valence-corrected chi connectivity index (χ1v) is 8.34. The third-order valence-corrected chi connectivity index (χ3v) is 4.66. The fourth-order valence-electron chi connectivity index (χ4n) is 3.31. The first kappa shape index (κ1) is 14.8. The van der Waals surface area contributed by atoms with Crippen molar-refractivity contribution in [2.24, 2.45) is 0 Å². The van der Waals surface area contributed by atoms with E-state index in [1.165, 1.54) is 33.0 Å². The molecule has 118 valence electrons. The molecule has 0 radical (unpaired) electrons. The van der Waals surface area contributed by atoms with Gasteiger partial charge in [0.25, 0.3) is 0 Å². The summed E-state index contributed by atoms with van der Waals surface area (Å²) in [5, 5.41) is 2.63. The molecular formula is C23H20O. The number of benzene rings is 3. The lowest BCUT2D eigenvalue weighted by Crippen LogP contribution is -1.88. The van der Waals surface area contributed by atoms with Crippen molar-refractivity contribution in [1.82, 2.24) is 0 Å². The maximum atomic E-state index is 5.92. The normalized spacial score (nSPS) is 15.6. The largest absolute Gasteiger partial charge is 0.461 e. The van der Waals surface area contributed by atoms with Crippen molar-refractivity contribution in [2.75, 3.05) is 0 Å². The van der Waals surface area contributed by atoms with E-state index in [0.29, 0.717) is 0 Å². The molecule has 0 aliphatic carbocycles. The lowest BCUT2D eigenvalue weighted by molar-refractivity contribution is 0.446. The fourth-order valence-corrected chi connectivity index (χ4v) is 3.31. The monoisotopic (exact) mass is 312 g/mol. The van der Waals surface area contributed by atoms with Crippen LogP contribution in [0.15, 0.2) is 78.6 Å². The molecule has 0 fully saturated rings. The van der Waals surface area contributed by atoms with Gasteiger partial charge in [-0.15, -0.1) is 0 Å². The van der Waals surface area contributed by atoms with Crippen LogP contribution in [-0.4, -0.2) is 0 Å². The van der Waals surface area contributed by atoms with Gasteiger partial charge in [-0.2, -0.15) is 0 Å². The Morgan fingerprint density at radius 1 is 0.917 bits per heavy atom. The fraction of sp³-hybridized carbons (Fsp3) is 0.130. The molecule has 1 heteroatoms. The van der Waals surface area contributed by atoms with E-state index in [1.54, 1.807) is 0 Å². The lowest BCUT2D eigenvalue weighted by atomic mass is 9.96. The molecule has 0 unspecified atom stereocenters. The lowest BCUT2D eigenvalue weighted by Gasteiger charge is -2.09. The average molecular weight is 312 g/mol. The molecular weight excluding hydrogens is 292 g/mol. The molecule has 3 aromatic rings. The van der Waals surface area contributed by atoms with Crippen LogP contribution < -0.4 is 4.74 Å². The van der Waals surface area contributed by atoms with Gasteiger partial charge in [0.2, 0.25) is 0 Å². The Balaban J connectivity index is 1.68. The van der Waals surface area contributed by atoms with Crippen molar-refractivity contribution >= 4 is 16.3 Å². The highest BCUT2D eigenvalue weighted by atomic mass is 16.5. The van der Waals surface area contributed by atoms with Gasteiger partial charge in [-0.3, -0.25) is 0 Å². The molecule has 4 rings (SSSR count). The van der Waals surface area contributed by atoms with Crippen LogP contribution in [-0.2, 0) is 6.42 Å². The number of aryl methyl sites for hydroxylation is 1. The average Bonchev–Trinajstić information content (AvgIpc) is 3.03. The third kappa shape index (κ3) is 2.63. The molecule has 1 aliphatic heterocycles. The highest BCUT2D eigenvalue weighted by Gasteiger charge is 2.15. The van der Waals surface area contributed by atoms with Crippen molar-refractivity contribution in [3.05, 3.63) is 95.3 Å². The minimum atomic E-state index is 0.870. The summed E-state index contributed by atoms with van der Waals surface area (Å²) in [4.78, 5) is 0. The number of allylic oxidation sites excluding steroid dienone is 4. The van der Waals surface area contributed by atoms with Gasteiger partial charge < -0.3 is 4.74 Å². The predicted octanol–water partition coefficient (Wildman–Crippen LogP) is 6.07. The Hall–Kier alpha value is -2.80. The molecule has 0 saturated carbocycles. The van der Waals surface area contributed by atoms with Crippen molar-refractivity contribution in [3.8, 4) is 5.75 Å². The summed E-state index contributed by atoms with van der Waals surface area (Å²) in [5.74, 6) is 1.99. The van der Waals surface area contributed by atoms with Gasteiger partial charge in [-0.05, 0) is 53.5 Å². The minimum absolute atomic E-state index is 0.870. The zero-order valence-corrected chi connectivity index (χ0v) is 14.0. The molecule has 24 heavy (non-hydrogen) atoms. The van der Waals surface area contributed by atoms with Crippen molar-refractivity contribution in [2.45, 2.75) is 20.3 Å². The second-order valence-corrected chi connectivity index (χ2v) is 6.34. The number of hydrogen-bond donors (Lipinski definition) is 0. The van der Waals surface area contributed by atoms with E-state index >= 15 is 0 Å². The summed E-state index contributed by atoms with van der Waals surface area (Å²) >= 11 is 0. The van der Waals surface area contributed by atoms with Gasteiger partial charge in [0.1, 0.15) is 11.5 Å². The zero-order chi connectivity index (χ0) is 16.5. The van der Waals surface area contributed by atoms with Gasteiger partial charge in [0, 0.05) is 12.0 Å². The minimum Gasteiger partial charge on any atom is -0.461 e. The van der Waals surface area contributed by atoms with E-state index in [1.807, 2.05) is 12.1 Å². The molecule has 0 bridgehead atoms. The smallest absolute Gasteiger partial charge is 0.130 e. The van der Waals surface area contributed by atoms with E-state index in [0.717, 1.165) is 17.9 Å². The van der Waals surface area contributed by atoms with E-state index in [2.05, 4.69) is 74.5 Å². The van der Waals surface area contributed by atoms with Gasteiger partial charge in [0.15, 0.2) is 0 Å². The van der Waals surface area contributed by atoms with E-state index < -0.39 is 0 Å². The molecule has 1 nitrogen and oxygen atoms in total. The summed E-state index contributed by atoms with van der Waals surface area (Å²) in [6, 6.07) is 21.2. The maximum Gasteiger partial charge on any atom is 0.130 e. The zero-order valence-electron chi connectivity index (χ0n) is 14.0. The van der Waals surface area contributed by atoms with Crippen LogP contribution in [0.3, 0.4) is 0 Å². The van der Waals surface area contributed by atoms with Crippen LogP contribution in [0.4, 0.5) is 0 Å². The second kappa shape index (κ2) is 6.01. The van der Waals surface area contributed by atoms with Crippen LogP contribution in [0.1, 0.15) is 23.6 Å². The molecule has 0 N–H and O–H groups in total. The molecule has 3 aromatic carbocycles. The topological polar surface area (TPSA) is 9.23 Å². The van der Waals surface area contributed by atoms with Gasteiger partial charge in [-0.25, -0.2) is 0 Å². The van der Waals surface area contributed by atoms with Crippen molar-refractivity contribution in [1.29, 1.82) is 0 Å².